The Hall–Kier alpha value is -2.77. The highest BCUT2D eigenvalue weighted by Crippen LogP contribution is 2.30. The fourth-order valence-electron chi connectivity index (χ4n) is 4.19. The van der Waals surface area contributed by atoms with Gasteiger partial charge in [0.05, 0.1) is 28.8 Å². The predicted molar refractivity (Wildman–Crippen MR) is 120 cm³/mol. The largest absolute Gasteiger partial charge is 0.360 e. The van der Waals surface area contributed by atoms with Gasteiger partial charge in [-0.3, -0.25) is 4.98 Å². The summed E-state index contributed by atoms with van der Waals surface area (Å²) in [7, 11) is 0. The van der Waals surface area contributed by atoms with E-state index < -0.39 is 0 Å². The summed E-state index contributed by atoms with van der Waals surface area (Å²) >= 11 is 6.57. The molecule has 1 fully saturated rings. The lowest BCUT2D eigenvalue weighted by Crippen LogP contribution is -2.22. The van der Waals surface area contributed by atoms with E-state index in [0.717, 1.165) is 45.7 Å². The number of imidazole rings is 1. The van der Waals surface area contributed by atoms with Crippen molar-refractivity contribution in [3.05, 3.63) is 53.3 Å². The van der Waals surface area contributed by atoms with E-state index in [4.69, 9.17) is 16.6 Å². The number of aromatic amines is 1. The first-order chi connectivity index (χ1) is 14.7. The minimum Gasteiger partial charge on any atom is -0.360 e. The molecule has 0 amide bonds. The Morgan fingerprint density at radius 2 is 2.07 bits per heavy atom. The smallest absolute Gasteiger partial charge is 0.162 e. The number of benzene rings is 1. The van der Waals surface area contributed by atoms with Crippen molar-refractivity contribution in [1.29, 1.82) is 0 Å². The minimum absolute atomic E-state index is 0.0475. The molecule has 1 aliphatic heterocycles. The molecule has 1 atom stereocenters. The summed E-state index contributed by atoms with van der Waals surface area (Å²) in [6.07, 6.45) is 6.62. The van der Waals surface area contributed by atoms with Crippen LogP contribution in [0.15, 0.2) is 36.9 Å². The van der Waals surface area contributed by atoms with Crippen LogP contribution in [0.25, 0.3) is 21.9 Å². The van der Waals surface area contributed by atoms with Crippen LogP contribution in [0.2, 0.25) is 5.02 Å². The van der Waals surface area contributed by atoms with Gasteiger partial charge in [-0.2, -0.15) is 0 Å². The summed E-state index contributed by atoms with van der Waals surface area (Å²) in [5.74, 6) is 0.695. The molecule has 0 spiro atoms. The molecular weight excluding hydrogens is 398 g/mol. The van der Waals surface area contributed by atoms with E-state index in [9.17, 15) is 0 Å². The molecule has 30 heavy (non-hydrogen) atoms. The highest BCUT2D eigenvalue weighted by molar-refractivity contribution is 6.35. The molecule has 7 nitrogen and oxygen atoms in total. The van der Waals surface area contributed by atoms with E-state index in [2.05, 4.69) is 49.2 Å². The number of likely N-dealkylation sites (tertiary alicyclic amines) is 1. The van der Waals surface area contributed by atoms with Gasteiger partial charge in [-0.15, -0.1) is 0 Å². The molecule has 154 valence electrons. The SMILES string of the molecule is CC(Nc1ncnc2[nH]cnc12)c1cc2cccc(Cl)c2c(CCN2CCCC2)n1. The molecule has 2 N–H and O–H groups in total. The Bertz CT molecular complexity index is 1180. The average Bonchev–Trinajstić information content (AvgIpc) is 3.44. The first kappa shape index (κ1) is 19.2. The van der Waals surface area contributed by atoms with E-state index in [0.29, 0.717) is 11.5 Å². The number of nitrogens with one attached hydrogen (secondary N) is 2. The molecule has 4 heterocycles. The van der Waals surface area contributed by atoms with Gasteiger partial charge in [0.1, 0.15) is 11.8 Å². The quantitative estimate of drug-likeness (QED) is 0.481. The third-order valence-electron chi connectivity index (χ3n) is 5.78. The van der Waals surface area contributed by atoms with Crippen molar-refractivity contribution in [3.63, 3.8) is 0 Å². The van der Waals surface area contributed by atoms with Crippen molar-refractivity contribution >= 4 is 39.4 Å². The van der Waals surface area contributed by atoms with Crippen molar-refractivity contribution in [1.82, 2.24) is 29.8 Å². The van der Waals surface area contributed by atoms with Crippen LogP contribution < -0.4 is 5.32 Å². The lowest BCUT2D eigenvalue weighted by atomic mass is 10.0. The van der Waals surface area contributed by atoms with E-state index in [1.165, 1.54) is 32.3 Å². The zero-order chi connectivity index (χ0) is 20.5. The fourth-order valence-corrected chi connectivity index (χ4v) is 4.48. The number of fused-ring (bicyclic) bond motifs is 2. The van der Waals surface area contributed by atoms with Gasteiger partial charge < -0.3 is 15.2 Å². The number of hydrogen-bond donors (Lipinski definition) is 2. The highest BCUT2D eigenvalue weighted by atomic mass is 35.5. The van der Waals surface area contributed by atoms with Crippen LogP contribution >= 0.6 is 11.6 Å². The third-order valence-corrected chi connectivity index (χ3v) is 6.09. The minimum atomic E-state index is -0.0475. The number of H-pyrrole nitrogens is 1. The number of aromatic nitrogens is 5. The maximum absolute atomic E-state index is 6.57. The summed E-state index contributed by atoms with van der Waals surface area (Å²) in [5, 5.41) is 6.39. The first-order valence-electron chi connectivity index (χ1n) is 10.4. The van der Waals surface area contributed by atoms with Crippen LogP contribution in [0.4, 0.5) is 5.82 Å². The molecular formula is C22H24ClN7. The van der Waals surface area contributed by atoms with Gasteiger partial charge in [0.15, 0.2) is 11.5 Å². The zero-order valence-corrected chi connectivity index (χ0v) is 17.7. The van der Waals surface area contributed by atoms with E-state index in [-0.39, 0.29) is 6.04 Å². The standard InChI is InChI=1S/C22H24ClN7/c1-14(28-22-20-21(25-12-24-20)26-13-27-22)18-11-15-5-4-6-16(23)19(15)17(29-18)7-10-30-8-2-3-9-30/h4-6,11-14H,2-3,7-10H2,1H3,(H2,24,25,26,27,28). The summed E-state index contributed by atoms with van der Waals surface area (Å²) in [4.78, 5) is 23.5. The molecule has 1 aromatic carbocycles. The van der Waals surface area contributed by atoms with Gasteiger partial charge in [-0.1, -0.05) is 23.7 Å². The van der Waals surface area contributed by atoms with Crippen LogP contribution in [0, 0.1) is 0 Å². The molecule has 1 unspecified atom stereocenters. The molecule has 5 rings (SSSR count). The summed E-state index contributed by atoms with van der Waals surface area (Å²) in [5.41, 5.74) is 3.46. The number of pyridine rings is 1. The number of halogens is 1. The van der Waals surface area contributed by atoms with Crippen LogP contribution in [0.1, 0.15) is 37.2 Å². The molecule has 0 saturated carbocycles. The number of anilines is 1. The average molecular weight is 422 g/mol. The molecule has 0 radical (unpaired) electrons. The second-order valence-corrected chi connectivity index (χ2v) is 8.23. The first-order valence-corrected chi connectivity index (χ1v) is 10.8. The van der Waals surface area contributed by atoms with Crippen LogP contribution in [-0.4, -0.2) is 49.5 Å². The number of hydrogen-bond acceptors (Lipinski definition) is 6. The molecule has 3 aromatic heterocycles. The Labute approximate surface area is 179 Å². The van der Waals surface area contributed by atoms with Crippen molar-refractivity contribution in [2.24, 2.45) is 0 Å². The topological polar surface area (TPSA) is 82.6 Å². The van der Waals surface area contributed by atoms with E-state index in [1.807, 2.05) is 12.1 Å². The van der Waals surface area contributed by atoms with Gasteiger partial charge in [-0.05, 0) is 50.4 Å². The van der Waals surface area contributed by atoms with Crippen LogP contribution in [0.5, 0.6) is 0 Å². The summed E-state index contributed by atoms with van der Waals surface area (Å²) in [6.45, 7) is 5.45. The number of nitrogens with zero attached hydrogens (tertiary/aromatic N) is 5. The predicted octanol–water partition coefficient (Wildman–Crippen LogP) is 4.37. The Morgan fingerprint density at radius 3 is 2.93 bits per heavy atom. The third kappa shape index (κ3) is 3.70. The molecule has 0 aliphatic carbocycles. The fraction of sp³-hybridized carbons (Fsp3) is 0.364. The van der Waals surface area contributed by atoms with Crippen LogP contribution in [-0.2, 0) is 6.42 Å². The molecule has 1 saturated heterocycles. The van der Waals surface area contributed by atoms with Crippen molar-refractivity contribution in [2.45, 2.75) is 32.2 Å². The molecule has 4 aromatic rings. The van der Waals surface area contributed by atoms with Crippen molar-refractivity contribution in [2.75, 3.05) is 25.0 Å². The summed E-state index contributed by atoms with van der Waals surface area (Å²) in [6, 6.07) is 8.11. The Balaban J connectivity index is 1.48. The maximum atomic E-state index is 6.57. The maximum Gasteiger partial charge on any atom is 0.162 e. The Morgan fingerprint density at radius 1 is 1.20 bits per heavy atom. The van der Waals surface area contributed by atoms with Crippen molar-refractivity contribution in [3.8, 4) is 0 Å². The van der Waals surface area contributed by atoms with Crippen molar-refractivity contribution < 1.29 is 0 Å². The van der Waals surface area contributed by atoms with Crippen LogP contribution in [0.3, 0.4) is 0 Å². The van der Waals surface area contributed by atoms with Gasteiger partial charge in [0.2, 0.25) is 0 Å². The second-order valence-electron chi connectivity index (χ2n) is 7.82. The van der Waals surface area contributed by atoms with Gasteiger partial charge in [0.25, 0.3) is 0 Å². The Kier molecular flexibility index (Phi) is 5.23. The molecule has 1 aliphatic rings. The second kappa shape index (κ2) is 8.16. The highest BCUT2D eigenvalue weighted by Gasteiger charge is 2.17. The van der Waals surface area contributed by atoms with E-state index in [1.54, 1.807) is 6.33 Å². The molecule has 0 bridgehead atoms. The lowest BCUT2D eigenvalue weighted by Gasteiger charge is -2.19. The zero-order valence-electron chi connectivity index (χ0n) is 16.9. The normalized spacial score (nSPS) is 15.8. The number of rotatable bonds is 6. The summed E-state index contributed by atoms with van der Waals surface area (Å²) < 4.78 is 0. The lowest BCUT2D eigenvalue weighted by molar-refractivity contribution is 0.342. The monoisotopic (exact) mass is 421 g/mol. The van der Waals surface area contributed by atoms with E-state index >= 15 is 0 Å². The molecule has 8 heteroatoms. The van der Waals surface area contributed by atoms with Gasteiger partial charge >= 0.3 is 0 Å². The van der Waals surface area contributed by atoms with Gasteiger partial charge in [0, 0.05) is 18.4 Å². The van der Waals surface area contributed by atoms with Gasteiger partial charge in [-0.25, -0.2) is 15.0 Å².